The molecule has 0 aliphatic heterocycles. The van der Waals surface area contributed by atoms with Crippen LogP contribution in [0.3, 0.4) is 0 Å². The van der Waals surface area contributed by atoms with Crippen molar-refractivity contribution in [3.63, 3.8) is 0 Å². The van der Waals surface area contributed by atoms with Crippen LogP contribution >= 0.6 is 11.6 Å². The molecule has 0 radical (unpaired) electrons. The largest absolute Gasteiger partial charge is 0.491 e. The second kappa shape index (κ2) is 6.25. The second-order valence-corrected chi connectivity index (χ2v) is 4.46. The zero-order valence-corrected chi connectivity index (χ0v) is 11.2. The fraction of sp³-hybridized carbons (Fsp3) is 0.143. The molecule has 0 amide bonds. The highest BCUT2D eigenvalue weighted by Crippen LogP contribution is 2.22. The molecular weight excluding hydrogens is 282 g/mol. The molecule has 1 heterocycles. The van der Waals surface area contributed by atoms with E-state index in [-0.39, 0.29) is 23.5 Å². The first-order valence-electron chi connectivity index (χ1n) is 5.89. The summed E-state index contributed by atoms with van der Waals surface area (Å²) < 4.78 is 6.90. The second-order valence-electron chi connectivity index (χ2n) is 4.03. The summed E-state index contributed by atoms with van der Waals surface area (Å²) in [6.45, 7) is 0.521. The van der Waals surface area contributed by atoms with E-state index in [9.17, 15) is 9.59 Å². The van der Waals surface area contributed by atoms with Crippen LogP contribution in [0.5, 0.6) is 5.75 Å². The number of aromatic carboxylic acids is 1. The lowest BCUT2D eigenvalue weighted by molar-refractivity contribution is 0.0692. The monoisotopic (exact) mass is 293 g/mol. The molecule has 0 saturated carbocycles. The Hall–Kier alpha value is -2.27. The maximum absolute atomic E-state index is 11.5. The molecule has 2 aromatic rings. The summed E-state index contributed by atoms with van der Waals surface area (Å²) in [5.41, 5.74) is -0.136. The third kappa shape index (κ3) is 3.39. The van der Waals surface area contributed by atoms with Crippen LogP contribution in [0, 0.1) is 0 Å². The lowest BCUT2D eigenvalue weighted by Crippen LogP contribution is -2.21. The average Bonchev–Trinajstić information content (AvgIpc) is 2.42. The molecule has 1 aromatic heterocycles. The van der Waals surface area contributed by atoms with Crippen LogP contribution in [-0.2, 0) is 6.54 Å². The number of aromatic nitrogens is 1. The van der Waals surface area contributed by atoms with Gasteiger partial charge in [0.2, 0.25) is 0 Å². The van der Waals surface area contributed by atoms with Gasteiger partial charge in [-0.1, -0.05) is 17.7 Å². The molecule has 0 atom stereocenters. The van der Waals surface area contributed by atoms with E-state index in [2.05, 4.69) is 0 Å². The minimum absolute atomic E-state index is 0.00194. The first-order chi connectivity index (χ1) is 9.58. The number of carboxylic acids is 1. The van der Waals surface area contributed by atoms with Crippen molar-refractivity contribution in [2.45, 2.75) is 6.54 Å². The normalized spacial score (nSPS) is 10.2. The summed E-state index contributed by atoms with van der Waals surface area (Å²) in [7, 11) is 0. The highest BCUT2D eigenvalue weighted by atomic mass is 35.5. The minimum Gasteiger partial charge on any atom is -0.491 e. The highest BCUT2D eigenvalue weighted by molar-refractivity contribution is 6.31. The van der Waals surface area contributed by atoms with Gasteiger partial charge in [-0.15, -0.1) is 0 Å². The van der Waals surface area contributed by atoms with Gasteiger partial charge in [-0.3, -0.25) is 4.79 Å². The van der Waals surface area contributed by atoms with Gasteiger partial charge in [0.1, 0.15) is 17.9 Å². The molecule has 0 spiro atoms. The predicted molar refractivity (Wildman–Crippen MR) is 74.6 cm³/mol. The van der Waals surface area contributed by atoms with E-state index < -0.39 is 5.97 Å². The maximum Gasteiger partial charge on any atom is 0.339 e. The molecule has 0 bridgehead atoms. The molecule has 0 fully saturated rings. The van der Waals surface area contributed by atoms with Crippen molar-refractivity contribution in [1.29, 1.82) is 0 Å². The number of pyridine rings is 1. The molecule has 6 heteroatoms. The maximum atomic E-state index is 11.5. The van der Waals surface area contributed by atoms with Crippen LogP contribution < -0.4 is 10.3 Å². The van der Waals surface area contributed by atoms with Gasteiger partial charge >= 0.3 is 5.97 Å². The predicted octanol–water partition coefficient (Wildman–Crippen LogP) is 2.28. The number of nitrogens with zero attached hydrogens (tertiary/aromatic N) is 1. The molecule has 0 unspecified atom stereocenters. The van der Waals surface area contributed by atoms with Crippen LogP contribution in [0.2, 0.25) is 5.02 Å². The lowest BCUT2D eigenvalue weighted by atomic mass is 10.2. The van der Waals surface area contributed by atoms with E-state index in [1.807, 2.05) is 0 Å². The van der Waals surface area contributed by atoms with Gasteiger partial charge < -0.3 is 14.4 Å². The number of carbonyl (C=O) groups is 1. The van der Waals surface area contributed by atoms with Crippen LogP contribution in [0.15, 0.2) is 47.4 Å². The first kappa shape index (κ1) is 14.1. The van der Waals surface area contributed by atoms with E-state index in [4.69, 9.17) is 21.4 Å². The Morgan fingerprint density at radius 2 is 2.10 bits per heavy atom. The van der Waals surface area contributed by atoms with Crippen molar-refractivity contribution >= 4 is 17.6 Å². The summed E-state index contributed by atoms with van der Waals surface area (Å²) in [6.07, 6.45) is 1.64. The van der Waals surface area contributed by atoms with Crippen molar-refractivity contribution in [1.82, 2.24) is 4.57 Å². The summed E-state index contributed by atoms with van der Waals surface area (Å²) >= 11 is 5.75. The SMILES string of the molecule is O=C(O)c1cc(Cl)ccc1OCCn1ccccc1=O. The zero-order chi connectivity index (χ0) is 14.5. The molecular formula is C14H12ClNO4. The van der Waals surface area contributed by atoms with Crippen molar-refractivity contribution in [2.24, 2.45) is 0 Å². The molecule has 1 aromatic carbocycles. The number of benzene rings is 1. The molecule has 20 heavy (non-hydrogen) atoms. The molecule has 0 aliphatic rings. The third-order valence-corrected chi connectivity index (χ3v) is 2.90. The van der Waals surface area contributed by atoms with E-state index in [0.29, 0.717) is 11.6 Å². The number of halogens is 1. The molecule has 1 N–H and O–H groups in total. The fourth-order valence-electron chi connectivity index (χ4n) is 1.69. The minimum atomic E-state index is -1.11. The molecule has 104 valence electrons. The van der Waals surface area contributed by atoms with Crippen LogP contribution in [0.25, 0.3) is 0 Å². The highest BCUT2D eigenvalue weighted by Gasteiger charge is 2.11. The molecule has 5 nitrogen and oxygen atoms in total. The quantitative estimate of drug-likeness (QED) is 0.918. The smallest absolute Gasteiger partial charge is 0.339 e. The van der Waals surface area contributed by atoms with E-state index in [1.165, 1.54) is 22.8 Å². The van der Waals surface area contributed by atoms with Gasteiger partial charge in [-0.2, -0.15) is 0 Å². The van der Waals surface area contributed by atoms with Gasteiger partial charge in [0.05, 0.1) is 6.54 Å². The van der Waals surface area contributed by atoms with Gasteiger partial charge in [0.15, 0.2) is 0 Å². The van der Waals surface area contributed by atoms with Gasteiger partial charge in [-0.05, 0) is 24.3 Å². The Labute approximate surface area is 120 Å². The van der Waals surface area contributed by atoms with Crippen molar-refractivity contribution in [3.05, 3.63) is 63.5 Å². The Bertz CT molecular complexity index is 681. The van der Waals surface area contributed by atoms with E-state index in [0.717, 1.165) is 0 Å². The van der Waals surface area contributed by atoms with Crippen molar-refractivity contribution in [2.75, 3.05) is 6.61 Å². The summed E-state index contributed by atoms with van der Waals surface area (Å²) in [4.78, 5) is 22.5. The number of ether oxygens (including phenoxy) is 1. The topological polar surface area (TPSA) is 68.5 Å². The van der Waals surface area contributed by atoms with Crippen LogP contribution in [-0.4, -0.2) is 22.2 Å². The first-order valence-corrected chi connectivity index (χ1v) is 6.27. The van der Waals surface area contributed by atoms with Crippen LogP contribution in [0.4, 0.5) is 0 Å². The van der Waals surface area contributed by atoms with Gasteiger partial charge in [-0.25, -0.2) is 4.79 Å². The van der Waals surface area contributed by atoms with Crippen LogP contribution in [0.1, 0.15) is 10.4 Å². The molecule has 2 rings (SSSR count). The standard InChI is InChI=1S/C14H12ClNO4/c15-10-4-5-12(11(9-10)14(18)19)20-8-7-16-6-2-1-3-13(16)17/h1-6,9H,7-8H2,(H,18,19). The summed E-state index contributed by atoms with van der Waals surface area (Å²) in [5.74, 6) is -0.884. The Morgan fingerprint density at radius 3 is 2.80 bits per heavy atom. The number of carboxylic acid groups (broad SMARTS) is 1. The van der Waals surface area contributed by atoms with E-state index in [1.54, 1.807) is 24.4 Å². The number of hydrogen-bond donors (Lipinski definition) is 1. The number of hydrogen-bond acceptors (Lipinski definition) is 3. The Morgan fingerprint density at radius 1 is 1.30 bits per heavy atom. The van der Waals surface area contributed by atoms with Gasteiger partial charge in [0, 0.05) is 17.3 Å². The Balaban J connectivity index is 2.07. The van der Waals surface area contributed by atoms with Crippen molar-refractivity contribution in [3.8, 4) is 5.75 Å². The number of rotatable bonds is 5. The average molecular weight is 294 g/mol. The molecule has 0 saturated heterocycles. The molecule has 0 aliphatic carbocycles. The third-order valence-electron chi connectivity index (χ3n) is 2.66. The summed E-state index contributed by atoms with van der Waals surface area (Å²) in [5, 5.41) is 9.38. The van der Waals surface area contributed by atoms with Gasteiger partial charge in [0.25, 0.3) is 5.56 Å². The Kier molecular flexibility index (Phi) is 4.42. The fourth-order valence-corrected chi connectivity index (χ4v) is 1.87. The zero-order valence-electron chi connectivity index (χ0n) is 10.5. The van der Waals surface area contributed by atoms with Crippen molar-refractivity contribution < 1.29 is 14.6 Å². The van der Waals surface area contributed by atoms with E-state index >= 15 is 0 Å². The lowest BCUT2D eigenvalue weighted by Gasteiger charge is -2.10. The summed E-state index contributed by atoms with van der Waals surface area (Å²) in [6, 6.07) is 9.23.